The maximum absolute atomic E-state index is 13.1. The van der Waals surface area contributed by atoms with Crippen molar-refractivity contribution >= 4 is 11.6 Å². The van der Waals surface area contributed by atoms with Crippen molar-refractivity contribution < 1.29 is 13.2 Å². The topological polar surface area (TPSA) is 16.1 Å². The summed E-state index contributed by atoms with van der Waals surface area (Å²) in [6.07, 6.45) is 4.24. The fourth-order valence-electron chi connectivity index (χ4n) is 5.22. The zero-order valence-electron chi connectivity index (χ0n) is 15.6. The van der Waals surface area contributed by atoms with Crippen LogP contribution < -0.4 is 0 Å². The number of alkyl halides is 3. The number of piperidine rings is 1. The highest BCUT2D eigenvalue weighted by Crippen LogP contribution is 2.50. The van der Waals surface area contributed by atoms with E-state index in [0.29, 0.717) is 5.02 Å². The maximum Gasteiger partial charge on any atom is 0.401 e. The van der Waals surface area contributed by atoms with E-state index >= 15 is 0 Å². The Bertz CT molecular complexity index is 795. The van der Waals surface area contributed by atoms with E-state index in [4.69, 9.17) is 11.6 Å². The van der Waals surface area contributed by atoms with Crippen molar-refractivity contribution in [3.05, 3.63) is 64.9 Å². The number of rotatable bonds is 5. The van der Waals surface area contributed by atoms with Gasteiger partial charge in [-0.15, -0.1) is 0 Å². The Hall–Kier alpha value is -1.59. The van der Waals surface area contributed by atoms with Gasteiger partial charge in [-0.2, -0.15) is 13.2 Å². The first kappa shape index (κ1) is 19.7. The lowest BCUT2D eigenvalue weighted by molar-refractivity contribution is -0.157. The molecule has 6 heteroatoms. The van der Waals surface area contributed by atoms with E-state index in [2.05, 4.69) is 17.1 Å². The average molecular weight is 409 g/mol. The number of aryl methyl sites for hydroxylation is 1. The molecule has 1 aromatic heterocycles. The SMILES string of the molecule is FC(F)(F)CN1C2CCC1CC(CCc1ccccc1)(c1cncc(Cl)c1)C2. The lowest BCUT2D eigenvalue weighted by Crippen LogP contribution is -2.52. The Labute approximate surface area is 168 Å². The van der Waals surface area contributed by atoms with Crippen LogP contribution in [0.25, 0.3) is 0 Å². The highest BCUT2D eigenvalue weighted by molar-refractivity contribution is 6.30. The lowest BCUT2D eigenvalue weighted by atomic mass is 9.67. The third kappa shape index (κ3) is 4.20. The number of aromatic nitrogens is 1. The number of benzene rings is 1. The largest absolute Gasteiger partial charge is 0.401 e. The van der Waals surface area contributed by atoms with Crippen molar-refractivity contribution in [2.75, 3.05) is 6.54 Å². The maximum atomic E-state index is 13.1. The summed E-state index contributed by atoms with van der Waals surface area (Å²) in [4.78, 5) is 5.98. The van der Waals surface area contributed by atoms with Crippen molar-refractivity contribution in [3.63, 3.8) is 0 Å². The van der Waals surface area contributed by atoms with Crippen LogP contribution in [0.5, 0.6) is 0 Å². The number of hydrogen-bond donors (Lipinski definition) is 0. The molecule has 0 N–H and O–H groups in total. The van der Waals surface area contributed by atoms with E-state index in [9.17, 15) is 13.2 Å². The summed E-state index contributed by atoms with van der Waals surface area (Å²) in [6.45, 7) is -0.801. The molecule has 2 bridgehead atoms. The van der Waals surface area contributed by atoms with Gasteiger partial charge in [0, 0.05) is 29.9 Å². The molecule has 0 amide bonds. The minimum atomic E-state index is -4.15. The van der Waals surface area contributed by atoms with Gasteiger partial charge in [-0.3, -0.25) is 9.88 Å². The molecular weight excluding hydrogens is 385 g/mol. The fraction of sp³-hybridized carbons (Fsp3) is 0.500. The molecule has 0 spiro atoms. The summed E-state index contributed by atoms with van der Waals surface area (Å²) in [5, 5.41) is 0.585. The molecule has 2 fully saturated rings. The van der Waals surface area contributed by atoms with Gasteiger partial charge in [-0.1, -0.05) is 41.9 Å². The fourth-order valence-corrected chi connectivity index (χ4v) is 5.39. The van der Waals surface area contributed by atoms with Crippen LogP contribution in [0.1, 0.15) is 43.2 Å². The van der Waals surface area contributed by atoms with Crippen molar-refractivity contribution in [3.8, 4) is 0 Å². The second-order valence-electron chi connectivity index (χ2n) is 8.24. The summed E-state index contributed by atoms with van der Waals surface area (Å²) in [7, 11) is 0. The molecular formula is C22H24ClF3N2. The molecule has 2 aromatic rings. The van der Waals surface area contributed by atoms with Gasteiger partial charge in [0.15, 0.2) is 0 Å². The zero-order valence-corrected chi connectivity index (χ0v) is 16.4. The molecule has 0 saturated carbocycles. The number of fused-ring (bicyclic) bond motifs is 2. The first-order valence-electron chi connectivity index (χ1n) is 9.82. The Morgan fingerprint density at radius 3 is 2.36 bits per heavy atom. The van der Waals surface area contributed by atoms with Crippen molar-refractivity contribution in [2.45, 2.75) is 62.2 Å². The lowest BCUT2D eigenvalue weighted by Gasteiger charge is -2.47. The Balaban J connectivity index is 1.62. The third-order valence-electron chi connectivity index (χ3n) is 6.44. The molecule has 1 aromatic carbocycles. The highest BCUT2D eigenvalue weighted by atomic mass is 35.5. The van der Waals surface area contributed by atoms with E-state index in [1.807, 2.05) is 30.5 Å². The Morgan fingerprint density at radius 1 is 1.07 bits per heavy atom. The number of halogens is 4. The van der Waals surface area contributed by atoms with Gasteiger partial charge in [-0.05, 0) is 55.7 Å². The van der Waals surface area contributed by atoms with Crippen molar-refractivity contribution in [1.29, 1.82) is 0 Å². The number of nitrogens with zero attached hydrogens (tertiary/aromatic N) is 2. The van der Waals surface area contributed by atoms with Crippen LogP contribution in [0.4, 0.5) is 13.2 Å². The molecule has 0 aliphatic carbocycles. The molecule has 28 heavy (non-hydrogen) atoms. The standard InChI is InChI=1S/C22H24ClF3N2/c23-18-10-17(13-27-14-18)21(9-8-16-4-2-1-3-5-16)11-19-6-7-20(12-21)28(19)15-22(24,25)26/h1-5,10,13-14,19-20H,6-9,11-12,15H2. The molecule has 2 saturated heterocycles. The molecule has 2 nitrogen and oxygen atoms in total. The molecule has 2 aliphatic rings. The van der Waals surface area contributed by atoms with E-state index in [-0.39, 0.29) is 17.5 Å². The summed E-state index contributed by atoms with van der Waals surface area (Å²) in [6, 6.07) is 12.2. The molecule has 2 aliphatic heterocycles. The van der Waals surface area contributed by atoms with E-state index < -0.39 is 12.7 Å². The van der Waals surface area contributed by atoms with Crippen molar-refractivity contribution in [2.24, 2.45) is 0 Å². The molecule has 0 radical (unpaired) electrons. The Kier molecular flexibility index (Phi) is 5.41. The van der Waals surface area contributed by atoms with Crippen LogP contribution in [0.2, 0.25) is 5.02 Å². The minimum Gasteiger partial charge on any atom is -0.289 e. The predicted molar refractivity (Wildman–Crippen MR) is 104 cm³/mol. The van der Waals surface area contributed by atoms with Crippen molar-refractivity contribution in [1.82, 2.24) is 9.88 Å². The summed E-state index contributed by atoms with van der Waals surface area (Å²) < 4.78 is 39.3. The van der Waals surface area contributed by atoms with Crippen LogP contribution in [0.15, 0.2) is 48.8 Å². The summed E-state index contributed by atoms with van der Waals surface area (Å²) in [5.41, 5.74) is 2.14. The first-order chi connectivity index (χ1) is 13.3. The van der Waals surface area contributed by atoms with E-state index in [0.717, 1.165) is 44.1 Å². The third-order valence-corrected chi connectivity index (χ3v) is 6.64. The second kappa shape index (κ2) is 7.68. The average Bonchev–Trinajstić information content (AvgIpc) is 2.89. The highest BCUT2D eigenvalue weighted by Gasteiger charge is 2.51. The molecule has 150 valence electrons. The van der Waals surface area contributed by atoms with Crippen LogP contribution in [-0.2, 0) is 11.8 Å². The molecule has 2 unspecified atom stereocenters. The first-order valence-corrected chi connectivity index (χ1v) is 10.2. The van der Waals surface area contributed by atoms with Gasteiger partial charge in [0.05, 0.1) is 11.6 Å². The summed E-state index contributed by atoms with van der Waals surface area (Å²) >= 11 is 6.23. The smallest absolute Gasteiger partial charge is 0.289 e. The normalized spacial score (nSPS) is 27.9. The van der Waals surface area contributed by atoms with E-state index in [1.54, 1.807) is 11.1 Å². The van der Waals surface area contributed by atoms with Crippen LogP contribution in [-0.4, -0.2) is 34.7 Å². The van der Waals surface area contributed by atoms with Gasteiger partial charge in [0.1, 0.15) is 0 Å². The van der Waals surface area contributed by atoms with Gasteiger partial charge >= 0.3 is 6.18 Å². The monoisotopic (exact) mass is 408 g/mol. The molecule has 2 atom stereocenters. The second-order valence-corrected chi connectivity index (χ2v) is 8.67. The van der Waals surface area contributed by atoms with Gasteiger partial charge < -0.3 is 0 Å². The quantitative estimate of drug-likeness (QED) is 0.622. The van der Waals surface area contributed by atoms with E-state index in [1.165, 1.54) is 5.56 Å². The van der Waals surface area contributed by atoms with Gasteiger partial charge in [0.2, 0.25) is 0 Å². The van der Waals surface area contributed by atoms with Crippen LogP contribution in [0.3, 0.4) is 0 Å². The van der Waals surface area contributed by atoms with Gasteiger partial charge in [0.25, 0.3) is 0 Å². The molecule has 4 rings (SSSR count). The number of hydrogen-bond acceptors (Lipinski definition) is 2. The van der Waals surface area contributed by atoms with Crippen LogP contribution >= 0.6 is 11.6 Å². The van der Waals surface area contributed by atoms with Gasteiger partial charge in [-0.25, -0.2) is 0 Å². The molecule has 3 heterocycles. The van der Waals surface area contributed by atoms with Crippen LogP contribution in [0, 0.1) is 0 Å². The summed E-state index contributed by atoms with van der Waals surface area (Å²) in [5.74, 6) is 0. The Morgan fingerprint density at radius 2 is 1.75 bits per heavy atom. The number of pyridine rings is 1. The minimum absolute atomic E-state index is 0.0323. The predicted octanol–water partition coefficient (Wildman–Crippen LogP) is 5.79. The zero-order chi connectivity index (χ0) is 19.8.